The second kappa shape index (κ2) is 9.66. The molecular weight excluding hydrogens is 496 g/mol. The van der Waals surface area contributed by atoms with Gasteiger partial charge in [-0.05, 0) is 78.8 Å². The summed E-state index contributed by atoms with van der Waals surface area (Å²) in [4.78, 5) is 0. The second-order valence-corrected chi connectivity index (χ2v) is 10.6. The molecule has 0 bridgehead atoms. The van der Waals surface area contributed by atoms with Crippen LogP contribution in [0, 0.1) is 0 Å². The molecule has 0 aliphatic carbocycles. The SMILES string of the molecule is c1ccc2cc(-c3ccc(-c4ccc(-c5ccc(-c6ccc7c(ccc8ccccc87)c6)cc5)o4)cc3)ccc2c1. The van der Waals surface area contributed by atoms with Crippen molar-refractivity contribution < 1.29 is 4.42 Å². The molecule has 0 spiro atoms. The summed E-state index contributed by atoms with van der Waals surface area (Å²) in [6.07, 6.45) is 0. The van der Waals surface area contributed by atoms with E-state index in [1.54, 1.807) is 0 Å². The molecular formula is C40H26O. The normalized spacial score (nSPS) is 11.4. The van der Waals surface area contributed by atoms with Crippen LogP contribution >= 0.6 is 0 Å². The highest BCUT2D eigenvalue weighted by Gasteiger charge is 2.09. The summed E-state index contributed by atoms with van der Waals surface area (Å²) in [7, 11) is 0. The monoisotopic (exact) mass is 522 g/mol. The molecule has 0 fully saturated rings. The molecule has 0 saturated carbocycles. The van der Waals surface area contributed by atoms with E-state index in [2.05, 4.69) is 158 Å². The summed E-state index contributed by atoms with van der Waals surface area (Å²) in [5, 5.41) is 7.63. The van der Waals surface area contributed by atoms with Crippen LogP contribution in [-0.2, 0) is 0 Å². The van der Waals surface area contributed by atoms with E-state index in [9.17, 15) is 0 Å². The number of fused-ring (bicyclic) bond motifs is 4. The minimum Gasteiger partial charge on any atom is -0.456 e. The van der Waals surface area contributed by atoms with Gasteiger partial charge in [-0.25, -0.2) is 0 Å². The van der Waals surface area contributed by atoms with Crippen LogP contribution in [0.3, 0.4) is 0 Å². The van der Waals surface area contributed by atoms with Crippen molar-refractivity contribution >= 4 is 32.3 Å². The summed E-state index contributed by atoms with van der Waals surface area (Å²) in [6.45, 7) is 0. The van der Waals surface area contributed by atoms with Crippen molar-refractivity contribution in [2.75, 3.05) is 0 Å². The van der Waals surface area contributed by atoms with E-state index in [-0.39, 0.29) is 0 Å². The Balaban J connectivity index is 1.04. The predicted octanol–water partition coefficient (Wildman–Crippen LogP) is 11.4. The Labute approximate surface area is 238 Å². The molecule has 0 atom stereocenters. The van der Waals surface area contributed by atoms with Crippen molar-refractivity contribution in [3.63, 3.8) is 0 Å². The first kappa shape index (κ1) is 23.5. The zero-order chi connectivity index (χ0) is 27.2. The highest BCUT2D eigenvalue weighted by molar-refractivity contribution is 6.08. The Morgan fingerprint density at radius 3 is 1.39 bits per heavy atom. The summed E-state index contributed by atoms with van der Waals surface area (Å²) in [5.41, 5.74) is 6.96. The smallest absolute Gasteiger partial charge is 0.134 e. The third-order valence-electron chi connectivity index (χ3n) is 8.11. The number of hydrogen-bond donors (Lipinski definition) is 0. The van der Waals surface area contributed by atoms with Gasteiger partial charge in [0.25, 0.3) is 0 Å². The first-order valence-corrected chi connectivity index (χ1v) is 14.0. The summed E-state index contributed by atoms with van der Waals surface area (Å²) < 4.78 is 6.30. The Morgan fingerprint density at radius 1 is 0.268 bits per heavy atom. The van der Waals surface area contributed by atoms with Gasteiger partial charge in [0.15, 0.2) is 0 Å². The van der Waals surface area contributed by atoms with Crippen LogP contribution in [0.2, 0.25) is 0 Å². The molecule has 1 heterocycles. The van der Waals surface area contributed by atoms with Crippen LogP contribution < -0.4 is 0 Å². The fourth-order valence-electron chi connectivity index (χ4n) is 5.86. The molecule has 0 aliphatic heterocycles. The van der Waals surface area contributed by atoms with Crippen molar-refractivity contribution in [3.8, 4) is 44.9 Å². The van der Waals surface area contributed by atoms with E-state index in [1.807, 2.05) is 0 Å². The van der Waals surface area contributed by atoms with Gasteiger partial charge in [-0.3, -0.25) is 0 Å². The van der Waals surface area contributed by atoms with Crippen LogP contribution in [0.25, 0.3) is 77.2 Å². The lowest BCUT2D eigenvalue weighted by molar-refractivity contribution is 0.597. The van der Waals surface area contributed by atoms with Crippen molar-refractivity contribution in [2.45, 2.75) is 0 Å². The lowest BCUT2D eigenvalue weighted by Crippen LogP contribution is -1.82. The number of furan rings is 1. The highest BCUT2D eigenvalue weighted by atomic mass is 16.3. The molecule has 41 heavy (non-hydrogen) atoms. The van der Waals surface area contributed by atoms with Crippen LogP contribution in [0.1, 0.15) is 0 Å². The van der Waals surface area contributed by atoms with Gasteiger partial charge in [-0.1, -0.05) is 133 Å². The van der Waals surface area contributed by atoms with E-state index in [0.29, 0.717) is 0 Å². The maximum atomic E-state index is 6.30. The Morgan fingerprint density at radius 2 is 0.707 bits per heavy atom. The lowest BCUT2D eigenvalue weighted by Gasteiger charge is -2.08. The Kier molecular flexibility index (Phi) is 5.53. The first-order valence-electron chi connectivity index (χ1n) is 14.0. The second-order valence-electron chi connectivity index (χ2n) is 10.6. The predicted molar refractivity (Wildman–Crippen MR) is 173 cm³/mol. The van der Waals surface area contributed by atoms with Gasteiger partial charge in [-0.2, -0.15) is 0 Å². The van der Waals surface area contributed by atoms with Crippen molar-refractivity contribution in [2.24, 2.45) is 0 Å². The number of rotatable bonds is 4. The minimum absolute atomic E-state index is 0.870. The third kappa shape index (κ3) is 4.29. The lowest BCUT2D eigenvalue weighted by atomic mass is 9.97. The fourth-order valence-corrected chi connectivity index (χ4v) is 5.86. The first-order chi connectivity index (χ1) is 20.3. The Hall–Kier alpha value is -5.40. The number of hydrogen-bond acceptors (Lipinski definition) is 1. The quantitative estimate of drug-likeness (QED) is 0.210. The van der Waals surface area contributed by atoms with Crippen molar-refractivity contribution in [1.29, 1.82) is 0 Å². The molecule has 0 saturated heterocycles. The molecule has 0 aliphatic rings. The molecule has 1 nitrogen and oxygen atoms in total. The third-order valence-corrected chi connectivity index (χ3v) is 8.11. The van der Waals surface area contributed by atoms with Crippen molar-refractivity contribution in [1.82, 2.24) is 0 Å². The molecule has 1 heteroatoms. The van der Waals surface area contributed by atoms with Gasteiger partial charge in [0.1, 0.15) is 11.5 Å². The molecule has 0 amide bonds. The molecule has 8 rings (SSSR count). The highest BCUT2D eigenvalue weighted by Crippen LogP contribution is 2.34. The van der Waals surface area contributed by atoms with Gasteiger partial charge in [0.05, 0.1) is 0 Å². The number of benzene rings is 7. The molecule has 8 aromatic rings. The van der Waals surface area contributed by atoms with E-state index in [1.165, 1.54) is 54.6 Å². The van der Waals surface area contributed by atoms with E-state index in [0.717, 1.165) is 22.6 Å². The maximum Gasteiger partial charge on any atom is 0.134 e. The molecule has 7 aromatic carbocycles. The maximum absolute atomic E-state index is 6.30. The summed E-state index contributed by atoms with van der Waals surface area (Å²) in [5.74, 6) is 1.74. The summed E-state index contributed by atoms with van der Waals surface area (Å²) >= 11 is 0. The molecule has 1 aromatic heterocycles. The largest absolute Gasteiger partial charge is 0.456 e. The fraction of sp³-hybridized carbons (Fsp3) is 0. The standard InChI is InChI=1S/C40H26O/c1-2-7-33-25-34(19-13-27(33)5-1)28-9-15-31(16-10-28)39-23-24-40(41-39)32-17-11-29(12-18-32)35-21-22-38-36(26-35)20-14-30-6-3-4-8-37(30)38/h1-26H. The zero-order valence-electron chi connectivity index (χ0n) is 22.4. The Bertz CT molecular complexity index is 2180. The molecule has 192 valence electrons. The van der Waals surface area contributed by atoms with Gasteiger partial charge in [0.2, 0.25) is 0 Å². The average molecular weight is 523 g/mol. The molecule has 0 radical (unpaired) electrons. The van der Waals surface area contributed by atoms with Crippen molar-refractivity contribution in [3.05, 3.63) is 158 Å². The van der Waals surface area contributed by atoms with E-state index in [4.69, 9.17) is 4.42 Å². The average Bonchev–Trinajstić information content (AvgIpc) is 3.55. The van der Waals surface area contributed by atoms with Gasteiger partial charge >= 0.3 is 0 Å². The zero-order valence-corrected chi connectivity index (χ0v) is 22.4. The molecule has 0 N–H and O–H groups in total. The minimum atomic E-state index is 0.870. The van der Waals surface area contributed by atoms with Crippen LogP contribution in [0.15, 0.2) is 162 Å². The van der Waals surface area contributed by atoms with E-state index < -0.39 is 0 Å². The topological polar surface area (TPSA) is 13.1 Å². The van der Waals surface area contributed by atoms with Gasteiger partial charge < -0.3 is 4.42 Å². The van der Waals surface area contributed by atoms with E-state index >= 15 is 0 Å². The van der Waals surface area contributed by atoms with Gasteiger partial charge in [-0.15, -0.1) is 0 Å². The van der Waals surface area contributed by atoms with Crippen LogP contribution in [0.4, 0.5) is 0 Å². The molecule has 0 unspecified atom stereocenters. The van der Waals surface area contributed by atoms with Crippen LogP contribution in [0.5, 0.6) is 0 Å². The summed E-state index contributed by atoms with van der Waals surface area (Å²) in [6, 6.07) is 56.2. The van der Waals surface area contributed by atoms with Crippen LogP contribution in [-0.4, -0.2) is 0 Å². The van der Waals surface area contributed by atoms with Gasteiger partial charge in [0, 0.05) is 11.1 Å².